The van der Waals surface area contributed by atoms with E-state index in [1.807, 2.05) is 47.1 Å². The summed E-state index contributed by atoms with van der Waals surface area (Å²) in [5.74, 6) is 1.44. The van der Waals surface area contributed by atoms with Gasteiger partial charge in [0.1, 0.15) is 0 Å². The van der Waals surface area contributed by atoms with Crippen LogP contribution in [0.4, 0.5) is 22.9 Å². The number of anilines is 4. The van der Waals surface area contributed by atoms with Crippen molar-refractivity contribution in [2.24, 2.45) is 0 Å². The minimum Gasteiger partial charge on any atom is -0.336 e. The van der Waals surface area contributed by atoms with Crippen molar-refractivity contribution in [3.05, 3.63) is 66.2 Å². The lowest BCUT2D eigenvalue weighted by Crippen LogP contribution is -2.21. The third-order valence-electron chi connectivity index (χ3n) is 5.43. The Balaban J connectivity index is 1.43. The maximum Gasteiger partial charge on any atom is 0.236 e. The number of nitrogens with one attached hydrogen (secondary N) is 2. The smallest absolute Gasteiger partial charge is 0.236 e. The summed E-state index contributed by atoms with van der Waals surface area (Å²) >= 11 is 0. The Morgan fingerprint density at radius 2 is 2.07 bits per heavy atom. The van der Waals surface area contributed by atoms with Crippen molar-refractivity contribution < 1.29 is 4.79 Å². The number of rotatable bonds is 4. The summed E-state index contributed by atoms with van der Waals surface area (Å²) in [6.45, 7) is 0. The van der Waals surface area contributed by atoms with Gasteiger partial charge in [-0.15, -0.1) is 0 Å². The summed E-state index contributed by atoms with van der Waals surface area (Å²) in [7, 11) is 0. The van der Waals surface area contributed by atoms with Crippen LogP contribution in [-0.2, 0) is 11.2 Å². The summed E-state index contributed by atoms with van der Waals surface area (Å²) in [5, 5.41) is 10.9. The topological polar surface area (TPSA) is 78.3 Å². The molecule has 1 aliphatic carbocycles. The highest BCUT2D eigenvalue weighted by Gasteiger charge is 2.29. The fraction of sp³-hybridized carbons (Fsp3) is 0.190. The van der Waals surface area contributed by atoms with Gasteiger partial charge in [0, 0.05) is 36.3 Å². The van der Waals surface area contributed by atoms with Gasteiger partial charge in [-0.3, -0.25) is 14.8 Å². The maximum atomic E-state index is 12.7. The van der Waals surface area contributed by atoms with Crippen molar-refractivity contribution in [3.63, 3.8) is 0 Å². The third-order valence-corrected chi connectivity index (χ3v) is 5.43. The second kappa shape index (κ2) is 5.69. The molecular weight excluding hydrogens is 352 g/mol. The van der Waals surface area contributed by atoms with Crippen LogP contribution in [0.2, 0.25) is 0 Å². The van der Waals surface area contributed by atoms with Gasteiger partial charge in [0.05, 0.1) is 23.5 Å². The molecule has 1 aromatic carbocycles. The molecule has 0 radical (unpaired) electrons. The van der Waals surface area contributed by atoms with Gasteiger partial charge < -0.3 is 9.72 Å². The van der Waals surface area contributed by atoms with E-state index in [9.17, 15) is 4.79 Å². The number of para-hydroxylation sites is 1. The van der Waals surface area contributed by atoms with Crippen molar-refractivity contribution in [3.8, 4) is 0 Å². The predicted octanol–water partition coefficient (Wildman–Crippen LogP) is 3.90. The van der Waals surface area contributed by atoms with Crippen LogP contribution < -0.4 is 10.2 Å². The number of pyridine rings is 1. The second-order valence-corrected chi connectivity index (χ2v) is 7.41. The standard InChI is InChI=1S/C21H18N6O/c28-20-9-14-3-1-2-4-18(14)27(20)15-10-17(21-22-7-8-26(21)12-15)23-19-11-16(24-25-19)13-5-6-13/h1-4,7-8,10-13H,5-6,9H2,(H2,23,24,25). The molecule has 0 atom stereocenters. The number of H-pyrrole nitrogens is 1. The number of aromatic amines is 1. The highest BCUT2D eigenvalue weighted by atomic mass is 16.2. The van der Waals surface area contributed by atoms with Gasteiger partial charge in [0.2, 0.25) is 5.91 Å². The summed E-state index contributed by atoms with van der Waals surface area (Å²) < 4.78 is 1.93. The van der Waals surface area contributed by atoms with Gasteiger partial charge in [-0.25, -0.2) is 4.98 Å². The molecule has 2 aliphatic rings. The van der Waals surface area contributed by atoms with Gasteiger partial charge in [-0.2, -0.15) is 5.10 Å². The highest BCUT2D eigenvalue weighted by Crippen LogP contribution is 2.40. The third kappa shape index (κ3) is 2.40. The van der Waals surface area contributed by atoms with Gasteiger partial charge in [-0.1, -0.05) is 18.2 Å². The van der Waals surface area contributed by atoms with Crippen LogP contribution >= 0.6 is 0 Å². The lowest BCUT2D eigenvalue weighted by Gasteiger charge is -2.19. The first-order chi connectivity index (χ1) is 13.8. The van der Waals surface area contributed by atoms with E-state index in [1.54, 1.807) is 11.1 Å². The zero-order valence-electron chi connectivity index (χ0n) is 15.1. The van der Waals surface area contributed by atoms with Crippen molar-refractivity contribution in [2.75, 3.05) is 10.2 Å². The van der Waals surface area contributed by atoms with Gasteiger partial charge in [0.25, 0.3) is 0 Å². The number of benzene rings is 1. The van der Waals surface area contributed by atoms with Crippen LogP contribution in [0.5, 0.6) is 0 Å². The largest absolute Gasteiger partial charge is 0.336 e. The number of aromatic nitrogens is 4. The molecule has 0 bridgehead atoms. The molecule has 6 rings (SSSR count). The number of imidazole rings is 1. The monoisotopic (exact) mass is 370 g/mol. The van der Waals surface area contributed by atoms with Crippen LogP contribution in [0, 0.1) is 0 Å². The first kappa shape index (κ1) is 15.4. The van der Waals surface area contributed by atoms with Crippen molar-refractivity contribution in [1.82, 2.24) is 19.6 Å². The molecule has 0 spiro atoms. The van der Waals surface area contributed by atoms with Crippen molar-refractivity contribution >= 4 is 34.4 Å². The van der Waals surface area contributed by atoms with Crippen LogP contribution in [0.1, 0.15) is 30.0 Å². The Labute approximate surface area is 161 Å². The number of carbonyl (C=O) groups is 1. The summed E-state index contributed by atoms with van der Waals surface area (Å²) in [4.78, 5) is 19.0. The molecule has 1 saturated carbocycles. The Morgan fingerprint density at radius 3 is 2.96 bits per heavy atom. The first-order valence-electron chi connectivity index (χ1n) is 9.46. The van der Waals surface area contributed by atoms with Crippen molar-refractivity contribution in [1.29, 1.82) is 0 Å². The van der Waals surface area contributed by atoms with E-state index in [4.69, 9.17) is 0 Å². The number of hydrogen-bond acceptors (Lipinski definition) is 4. The normalized spacial score (nSPS) is 16.0. The van der Waals surface area contributed by atoms with E-state index in [0.29, 0.717) is 12.3 Å². The molecule has 138 valence electrons. The van der Waals surface area contributed by atoms with Crippen LogP contribution in [-0.4, -0.2) is 25.5 Å². The van der Waals surface area contributed by atoms with Crippen LogP contribution in [0.3, 0.4) is 0 Å². The van der Waals surface area contributed by atoms with Crippen LogP contribution in [0.15, 0.2) is 55.0 Å². The highest BCUT2D eigenvalue weighted by molar-refractivity contribution is 6.07. The molecule has 1 fully saturated rings. The zero-order valence-corrected chi connectivity index (χ0v) is 15.1. The van der Waals surface area contributed by atoms with E-state index in [2.05, 4.69) is 26.6 Å². The molecule has 28 heavy (non-hydrogen) atoms. The molecule has 4 heterocycles. The molecule has 0 unspecified atom stereocenters. The first-order valence-corrected chi connectivity index (χ1v) is 9.46. The van der Waals surface area contributed by atoms with Crippen molar-refractivity contribution in [2.45, 2.75) is 25.2 Å². The molecule has 0 saturated heterocycles. The lowest BCUT2D eigenvalue weighted by molar-refractivity contribution is -0.116. The fourth-order valence-corrected chi connectivity index (χ4v) is 3.91. The molecular formula is C21H18N6O. The molecule has 3 aromatic heterocycles. The minimum atomic E-state index is 0.0717. The number of nitrogens with zero attached hydrogens (tertiary/aromatic N) is 4. The van der Waals surface area contributed by atoms with E-state index in [-0.39, 0.29) is 5.91 Å². The average molecular weight is 370 g/mol. The Kier molecular flexibility index (Phi) is 3.14. The lowest BCUT2D eigenvalue weighted by atomic mass is 10.2. The Hall–Kier alpha value is -3.61. The van der Waals surface area contributed by atoms with Gasteiger partial charge >= 0.3 is 0 Å². The summed E-state index contributed by atoms with van der Waals surface area (Å²) in [6.07, 6.45) is 8.44. The summed E-state index contributed by atoms with van der Waals surface area (Å²) in [5.41, 5.74) is 5.57. The van der Waals surface area contributed by atoms with E-state index >= 15 is 0 Å². The quantitative estimate of drug-likeness (QED) is 0.571. The molecule has 2 N–H and O–H groups in total. The van der Waals surface area contributed by atoms with Gasteiger partial charge in [-0.05, 0) is 30.5 Å². The number of hydrogen-bond donors (Lipinski definition) is 2. The van der Waals surface area contributed by atoms with E-state index in [1.165, 1.54) is 18.5 Å². The zero-order chi connectivity index (χ0) is 18.7. The second-order valence-electron chi connectivity index (χ2n) is 7.41. The minimum absolute atomic E-state index is 0.0717. The summed E-state index contributed by atoms with van der Waals surface area (Å²) in [6, 6.07) is 11.9. The average Bonchev–Trinajstić information content (AvgIpc) is 3.11. The molecule has 7 nitrogen and oxygen atoms in total. The Bertz CT molecular complexity index is 1220. The SMILES string of the molecule is O=C1Cc2ccccc2N1c1cc(Nc2cc(C3CC3)[nH]n2)c2nccn2c1. The molecule has 7 heteroatoms. The molecule has 1 aliphatic heterocycles. The van der Waals surface area contributed by atoms with Gasteiger partial charge in [0.15, 0.2) is 11.5 Å². The molecule has 1 amide bonds. The predicted molar refractivity (Wildman–Crippen MR) is 106 cm³/mol. The maximum absolute atomic E-state index is 12.7. The van der Waals surface area contributed by atoms with E-state index in [0.717, 1.165) is 34.1 Å². The fourth-order valence-electron chi connectivity index (χ4n) is 3.91. The van der Waals surface area contributed by atoms with E-state index < -0.39 is 0 Å². The number of carbonyl (C=O) groups excluding carboxylic acids is 1. The number of amides is 1. The Morgan fingerprint density at radius 1 is 1.18 bits per heavy atom. The molecule has 4 aromatic rings. The number of fused-ring (bicyclic) bond motifs is 2. The van der Waals surface area contributed by atoms with Crippen LogP contribution in [0.25, 0.3) is 5.65 Å².